The first-order valence-electron chi connectivity index (χ1n) is 10.6. The van der Waals surface area contributed by atoms with Crippen LogP contribution in [0.4, 0.5) is 0 Å². The Hall–Kier alpha value is -2.98. The van der Waals surface area contributed by atoms with Crippen molar-refractivity contribution in [3.63, 3.8) is 0 Å². The fourth-order valence-corrected chi connectivity index (χ4v) is 5.02. The number of hydroxylamine groups is 2. The highest BCUT2D eigenvalue weighted by Gasteiger charge is 2.35. The van der Waals surface area contributed by atoms with Crippen LogP contribution in [0.3, 0.4) is 0 Å². The standard InChI is InChI=1S/C27H23NO2/c29-17-22-15-25(28(30-22)16-18-5-2-1-3-6-18)23-13-11-21-10-9-19-7-4-8-20-12-14-24(23)27(21)26(19)20/h1-14,22,25,29H,15-17H2/t22-,25-/m1/s1. The van der Waals surface area contributed by atoms with E-state index in [1.165, 1.54) is 43.4 Å². The van der Waals surface area contributed by atoms with Gasteiger partial charge in [0.2, 0.25) is 0 Å². The van der Waals surface area contributed by atoms with Crippen molar-refractivity contribution in [2.45, 2.75) is 25.1 Å². The second-order valence-corrected chi connectivity index (χ2v) is 8.23. The van der Waals surface area contributed by atoms with Gasteiger partial charge in [0, 0.05) is 6.54 Å². The predicted molar refractivity (Wildman–Crippen MR) is 121 cm³/mol. The minimum absolute atomic E-state index is 0.0353. The van der Waals surface area contributed by atoms with Gasteiger partial charge in [-0.2, -0.15) is 5.06 Å². The molecule has 1 N–H and O–H groups in total. The summed E-state index contributed by atoms with van der Waals surface area (Å²) in [4.78, 5) is 6.16. The molecule has 1 aliphatic rings. The lowest BCUT2D eigenvalue weighted by molar-refractivity contribution is -0.178. The van der Waals surface area contributed by atoms with E-state index in [2.05, 4.69) is 83.9 Å². The van der Waals surface area contributed by atoms with Gasteiger partial charge in [0.05, 0.1) is 12.6 Å². The molecular weight excluding hydrogens is 370 g/mol. The van der Waals surface area contributed by atoms with Crippen molar-refractivity contribution in [2.75, 3.05) is 6.61 Å². The highest BCUT2D eigenvalue weighted by molar-refractivity contribution is 6.23. The first-order valence-corrected chi connectivity index (χ1v) is 10.6. The fourth-order valence-electron chi connectivity index (χ4n) is 5.02. The summed E-state index contributed by atoms with van der Waals surface area (Å²) in [6.07, 6.45) is 0.616. The van der Waals surface area contributed by atoms with Crippen LogP contribution in [0.25, 0.3) is 32.3 Å². The number of benzene rings is 5. The summed E-state index contributed by atoms with van der Waals surface area (Å²) in [5.41, 5.74) is 2.48. The Morgan fingerprint density at radius 3 is 2.23 bits per heavy atom. The first-order chi connectivity index (χ1) is 14.8. The molecule has 3 nitrogen and oxygen atoms in total. The summed E-state index contributed by atoms with van der Waals surface area (Å²) >= 11 is 0. The molecule has 148 valence electrons. The van der Waals surface area contributed by atoms with Crippen LogP contribution in [0.1, 0.15) is 23.6 Å². The molecule has 0 bridgehead atoms. The van der Waals surface area contributed by atoms with Gasteiger partial charge in [0.25, 0.3) is 0 Å². The monoisotopic (exact) mass is 393 g/mol. The van der Waals surface area contributed by atoms with Crippen LogP contribution in [0, 0.1) is 0 Å². The van der Waals surface area contributed by atoms with Crippen molar-refractivity contribution in [3.05, 3.63) is 96.1 Å². The van der Waals surface area contributed by atoms with Crippen molar-refractivity contribution >= 4 is 32.3 Å². The summed E-state index contributed by atoms with van der Waals surface area (Å²) in [7, 11) is 0. The molecule has 1 aliphatic heterocycles. The lowest BCUT2D eigenvalue weighted by Crippen LogP contribution is -2.23. The van der Waals surface area contributed by atoms with Crippen molar-refractivity contribution in [3.8, 4) is 0 Å². The van der Waals surface area contributed by atoms with Gasteiger partial charge in [-0.25, -0.2) is 0 Å². The van der Waals surface area contributed by atoms with E-state index in [9.17, 15) is 5.11 Å². The molecule has 1 heterocycles. The van der Waals surface area contributed by atoms with Crippen LogP contribution in [0.5, 0.6) is 0 Å². The topological polar surface area (TPSA) is 32.7 Å². The number of aliphatic hydroxyl groups excluding tert-OH is 1. The zero-order valence-electron chi connectivity index (χ0n) is 16.7. The lowest BCUT2D eigenvalue weighted by Gasteiger charge is -2.25. The molecular formula is C27H23NO2. The number of nitrogens with zero attached hydrogens (tertiary/aromatic N) is 1. The summed E-state index contributed by atoms with van der Waals surface area (Å²) < 4.78 is 0. The number of rotatable bonds is 4. The van der Waals surface area contributed by atoms with Crippen molar-refractivity contribution in [1.82, 2.24) is 5.06 Å². The van der Waals surface area contributed by atoms with Crippen LogP contribution >= 0.6 is 0 Å². The van der Waals surface area contributed by atoms with Gasteiger partial charge in [-0.15, -0.1) is 0 Å². The minimum Gasteiger partial charge on any atom is -0.394 e. The molecule has 0 radical (unpaired) electrons. The highest BCUT2D eigenvalue weighted by Crippen LogP contribution is 2.42. The molecule has 0 saturated carbocycles. The normalized spacial score (nSPS) is 20.0. The molecule has 6 rings (SSSR count). The molecule has 0 amide bonds. The predicted octanol–water partition coefficient (Wildman–Crippen LogP) is 5.82. The average Bonchev–Trinajstić information content (AvgIpc) is 3.20. The molecule has 0 unspecified atom stereocenters. The molecule has 3 heteroatoms. The lowest BCUT2D eigenvalue weighted by atomic mass is 9.89. The zero-order chi connectivity index (χ0) is 20.1. The third kappa shape index (κ3) is 2.78. The van der Waals surface area contributed by atoms with Gasteiger partial charge in [-0.3, -0.25) is 4.84 Å². The molecule has 1 saturated heterocycles. The van der Waals surface area contributed by atoms with E-state index in [1.54, 1.807) is 0 Å². The molecule has 30 heavy (non-hydrogen) atoms. The smallest absolute Gasteiger partial charge is 0.104 e. The van der Waals surface area contributed by atoms with Crippen LogP contribution in [-0.2, 0) is 11.4 Å². The third-order valence-electron chi connectivity index (χ3n) is 6.42. The molecule has 1 fully saturated rings. The fraction of sp³-hybridized carbons (Fsp3) is 0.185. The van der Waals surface area contributed by atoms with Crippen molar-refractivity contribution in [2.24, 2.45) is 0 Å². The Labute approximate surface area is 175 Å². The van der Waals surface area contributed by atoms with Gasteiger partial charge < -0.3 is 5.11 Å². The Morgan fingerprint density at radius 1 is 0.767 bits per heavy atom. The van der Waals surface area contributed by atoms with E-state index in [4.69, 9.17) is 4.84 Å². The SMILES string of the molecule is OC[C@H]1C[C@H](c2ccc3ccc4cccc5ccc2c3c45)N(Cc2ccccc2)O1. The number of aliphatic hydroxyl groups is 1. The highest BCUT2D eigenvalue weighted by atomic mass is 16.7. The van der Waals surface area contributed by atoms with Crippen molar-refractivity contribution in [1.29, 1.82) is 0 Å². The van der Waals surface area contributed by atoms with Crippen LogP contribution in [-0.4, -0.2) is 22.9 Å². The van der Waals surface area contributed by atoms with Gasteiger partial charge in [0.15, 0.2) is 0 Å². The van der Waals surface area contributed by atoms with Gasteiger partial charge in [0.1, 0.15) is 6.10 Å². The molecule has 0 aliphatic carbocycles. The first kappa shape index (κ1) is 17.8. The maximum absolute atomic E-state index is 9.80. The maximum Gasteiger partial charge on any atom is 0.104 e. The summed E-state index contributed by atoms with van der Waals surface area (Å²) in [6, 6.07) is 30.4. The summed E-state index contributed by atoms with van der Waals surface area (Å²) in [6.45, 7) is 0.734. The molecule has 5 aromatic rings. The average molecular weight is 393 g/mol. The molecule has 2 atom stereocenters. The summed E-state index contributed by atoms with van der Waals surface area (Å²) in [5, 5.41) is 19.6. The number of hydrogen-bond donors (Lipinski definition) is 1. The largest absolute Gasteiger partial charge is 0.394 e. The van der Waals surface area contributed by atoms with E-state index >= 15 is 0 Å². The van der Waals surface area contributed by atoms with Crippen LogP contribution in [0.2, 0.25) is 0 Å². The molecule has 5 aromatic carbocycles. The van der Waals surface area contributed by atoms with Crippen LogP contribution in [0.15, 0.2) is 84.9 Å². The Kier molecular flexibility index (Phi) is 4.20. The zero-order valence-corrected chi connectivity index (χ0v) is 16.7. The van der Waals surface area contributed by atoms with Crippen molar-refractivity contribution < 1.29 is 9.94 Å². The Balaban J connectivity index is 1.52. The second kappa shape index (κ2) is 7.06. The van der Waals surface area contributed by atoms with Crippen LogP contribution < -0.4 is 0 Å². The third-order valence-corrected chi connectivity index (χ3v) is 6.42. The van der Waals surface area contributed by atoms with E-state index in [-0.39, 0.29) is 18.8 Å². The van der Waals surface area contributed by atoms with E-state index in [1.807, 2.05) is 6.07 Å². The minimum atomic E-state index is -0.169. The van der Waals surface area contributed by atoms with E-state index in [0.717, 1.165) is 6.42 Å². The molecule has 0 aromatic heterocycles. The van der Waals surface area contributed by atoms with E-state index < -0.39 is 0 Å². The van der Waals surface area contributed by atoms with Gasteiger partial charge in [-0.1, -0.05) is 84.9 Å². The summed E-state index contributed by atoms with van der Waals surface area (Å²) in [5.74, 6) is 0. The maximum atomic E-state index is 9.80. The second-order valence-electron chi connectivity index (χ2n) is 8.23. The van der Waals surface area contributed by atoms with Gasteiger partial charge in [-0.05, 0) is 49.9 Å². The Bertz CT molecular complexity index is 1320. The van der Waals surface area contributed by atoms with Gasteiger partial charge >= 0.3 is 0 Å². The van der Waals surface area contributed by atoms with E-state index in [0.29, 0.717) is 6.54 Å². The molecule has 0 spiro atoms. The number of hydrogen-bond acceptors (Lipinski definition) is 3. The Morgan fingerprint density at radius 2 is 1.47 bits per heavy atom. The quantitative estimate of drug-likeness (QED) is 0.390.